The van der Waals surface area contributed by atoms with Crippen molar-refractivity contribution >= 4 is 0 Å². The van der Waals surface area contributed by atoms with E-state index < -0.39 is 0 Å². The highest BCUT2D eigenvalue weighted by molar-refractivity contribution is 4.83. The van der Waals surface area contributed by atoms with E-state index >= 15 is 0 Å². The van der Waals surface area contributed by atoms with Gasteiger partial charge in [0.2, 0.25) is 0 Å². The molecule has 1 saturated carbocycles. The Labute approximate surface area is 79.0 Å². The Morgan fingerprint density at radius 2 is 2.23 bits per heavy atom. The van der Waals surface area contributed by atoms with Gasteiger partial charge in [0.25, 0.3) is 0 Å². The van der Waals surface area contributed by atoms with Crippen molar-refractivity contribution in [2.75, 3.05) is 13.7 Å². The van der Waals surface area contributed by atoms with E-state index in [2.05, 4.69) is 0 Å². The van der Waals surface area contributed by atoms with E-state index in [1.54, 1.807) is 7.11 Å². The number of aliphatic hydroxyl groups excluding tert-OH is 1. The Hall–Kier alpha value is -0.120. The van der Waals surface area contributed by atoms with Crippen LogP contribution in [0.25, 0.3) is 0 Å². The van der Waals surface area contributed by atoms with E-state index in [1.165, 1.54) is 0 Å². The Morgan fingerprint density at radius 3 is 2.85 bits per heavy atom. The van der Waals surface area contributed by atoms with Gasteiger partial charge in [-0.15, -0.1) is 0 Å². The average Bonchev–Trinajstić information content (AvgIpc) is 2.92. The lowest BCUT2D eigenvalue weighted by molar-refractivity contribution is -0.0519. The molecule has 1 aliphatic carbocycles. The molecule has 3 nitrogen and oxygen atoms in total. The molecule has 1 saturated heterocycles. The third-order valence-electron chi connectivity index (χ3n) is 3.17. The van der Waals surface area contributed by atoms with E-state index in [1.807, 2.05) is 0 Å². The second-order valence-electron chi connectivity index (χ2n) is 4.21. The highest BCUT2D eigenvalue weighted by Crippen LogP contribution is 2.32. The fourth-order valence-corrected chi connectivity index (χ4v) is 2.24. The van der Waals surface area contributed by atoms with Gasteiger partial charge in [0, 0.05) is 7.11 Å². The molecular weight excluding hydrogens is 168 g/mol. The van der Waals surface area contributed by atoms with Crippen molar-refractivity contribution in [2.45, 2.75) is 44.0 Å². The van der Waals surface area contributed by atoms with Crippen LogP contribution in [0.3, 0.4) is 0 Å². The number of epoxide rings is 1. The van der Waals surface area contributed by atoms with Crippen molar-refractivity contribution in [3.8, 4) is 0 Å². The minimum atomic E-state index is -0.249. The fraction of sp³-hybridized carbons (Fsp3) is 1.00. The summed E-state index contributed by atoms with van der Waals surface area (Å²) in [7, 11) is 1.68. The first-order chi connectivity index (χ1) is 6.29. The molecular formula is C10H18O3. The molecule has 1 heterocycles. The maximum absolute atomic E-state index is 9.58. The lowest BCUT2D eigenvalue weighted by atomic mass is 9.83. The van der Waals surface area contributed by atoms with Gasteiger partial charge in [-0.05, 0) is 31.6 Å². The van der Waals surface area contributed by atoms with Gasteiger partial charge in [-0.3, -0.25) is 0 Å². The van der Waals surface area contributed by atoms with Crippen LogP contribution in [0.5, 0.6) is 0 Å². The normalized spacial score (nSPS) is 44.8. The zero-order chi connectivity index (χ0) is 9.26. The third-order valence-corrected chi connectivity index (χ3v) is 3.17. The van der Waals surface area contributed by atoms with Crippen LogP contribution >= 0.6 is 0 Å². The van der Waals surface area contributed by atoms with Crippen LogP contribution in [0, 0.1) is 5.92 Å². The summed E-state index contributed by atoms with van der Waals surface area (Å²) in [6, 6.07) is 0. The van der Waals surface area contributed by atoms with Gasteiger partial charge >= 0.3 is 0 Å². The molecule has 0 aromatic rings. The molecule has 0 amide bonds. The molecule has 1 N–H and O–H groups in total. The lowest BCUT2D eigenvalue weighted by Crippen LogP contribution is -2.35. The number of rotatable bonds is 3. The first-order valence-electron chi connectivity index (χ1n) is 5.12. The lowest BCUT2D eigenvalue weighted by Gasteiger charge is -2.32. The fourth-order valence-electron chi connectivity index (χ4n) is 2.24. The molecule has 0 bridgehead atoms. The molecule has 1 aliphatic heterocycles. The highest BCUT2D eigenvalue weighted by atomic mass is 16.6. The second-order valence-corrected chi connectivity index (χ2v) is 4.21. The Balaban J connectivity index is 1.78. The van der Waals surface area contributed by atoms with E-state index in [4.69, 9.17) is 9.47 Å². The van der Waals surface area contributed by atoms with Crippen molar-refractivity contribution in [1.29, 1.82) is 0 Å². The third kappa shape index (κ3) is 2.42. The molecule has 2 fully saturated rings. The Bertz CT molecular complexity index is 168. The van der Waals surface area contributed by atoms with Crippen molar-refractivity contribution in [1.82, 2.24) is 0 Å². The van der Waals surface area contributed by atoms with Crippen molar-refractivity contribution < 1.29 is 14.6 Å². The summed E-state index contributed by atoms with van der Waals surface area (Å²) in [6.45, 7) is 0.941. The SMILES string of the molecule is COC1CC(CC2CO2)CCC1O. The van der Waals surface area contributed by atoms with Gasteiger partial charge in [-0.2, -0.15) is 0 Å². The maximum Gasteiger partial charge on any atom is 0.0832 e. The minimum absolute atomic E-state index is 0.0532. The van der Waals surface area contributed by atoms with Gasteiger partial charge in [0.1, 0.15) is 0 Å². The van der Waals surface area contributed by atoms with Crippen molar-refractivity contribution in [3.63, 3.8) is 0 Å². The first-order valence-corrected chi connectivity index (χ1v) is 5.12. The smallest absolute Gasteiger partial charge is 0.0832 e. The van der Waals surface area contributed by atoms with Crippen LogP contribution in [-0.4, -0.2) is 37.1 Å². The molecule has 4 atom stereocenters. The molecule has 0 radical (unpaired) electrons. The van der Waals surface area contributed by atoms with Crippen LogP contribution in [0.15, 0.2) is 0 Å². The number of methoxy groups -OCH3 is 1. The average molecular weight is 186 g/mol. The molecule has 13 heavy (non-hydrogen) atoms. The molecule has 0 aromatic carbocycles. The van der Waals surface area contributed by atoms with Crippen molar-refractivity contribution in [3.05, 3.63) is 0 Å². The number of ether oxygens (including phenoxy) is 2. The van der Waals surface area contributed by atoms with Crippen LogP contribution in [0.1, 0.15) is 25.7 Å². The predicted octanol–water partition coefficient (Wildman–Crippen LogP) is 0.951. The molecule has 0 spiro atoms. The summed E-state index contributed by atoms with van der Waals surface area (Å²) in [5, 5.41) is 9.58. The molecule has 2 rings (SSSR count). The first kappa shape index (κ1) is 9.44. The highest BCUT2D eigenvalue weighted by Gasteiger charge is 2.33. The van der Waals surface area contributed by atoms with Gasteiger partial charge in [0.15, 0.2) is 0 Å². The summed E-state index contributed by atoms with van der Waals surface area (Å²) in [6.07, 6.45) is 4.48. The predicted molar refractivity (Wildman–Crippen MR) is 48.5 cm³/mol. The minimum Gasteiger partial charge on any atom is -0.390 e. The molecule has 4 unspecified atom stereocenters. The van der Waals surface area contributed by atoms with E-state index in [0.29, 0.717) is 12.0 Å². The molecule has 3 heteroatoms. The molecule has 0 aromatic heterocycles. The molecule has 76 valence electrons. The van der Waals surface area contributed by atoms with Gasteiger partial charge in [-0.25, -0.2) is 0 Å². The van der Waals surface area contributed by atoms with Crippen LogP contribution in [0.4, 0.5) is 0 Å². The summed E-state index contributed by atoms with van der Waals surface area (Å²) in [5.41, 5.74) is 0. The quantitative estimate of drug-likeness (QED) is 0.667. The monoisotopic (exact) mass is 186 g/mol. The van der Waals surface area contributed by atoms with E-state index in [9.17, 15) is 5.11 Å². The summed E-state index contributed by atoms with van der Waals surface area (Å²) < 4.78 is 10.4. The largest absolute Gasteiger partial charge is 0.390 e. The maximum atomic E-state index is 9.58. The van der Waals surface area contributed by atoms with E-state index in [-0.39, 0.29) is 12.2 Å². The van der Waals surface area contributed by atoms with Gasteiger partial charge in [0.05, 0.1) is 24.9 Å². The summed E-state index contributed by atoms with van der Waals surface area (Å²) in [5.74, 6) is 0.695. The summed E-state index contributed by atoms with van der Waals surface area (Å²) in [4.78, 5) is 0. The van der Waals surface area contributed by atoms with Crippen LogP contribution in [-0.2, 0) is 9.47 Å². The van der Waals surface area contributed by atoms with E-state index in [0.717, 1.165) is 32.3 Å². The standard InChI is InChI=1S/C10H18O3/c1-12-10-5-7(2-3-9(10)11)4-8-6-13-8/h7-11H,2-6H2,1H3. The zero-order valence-electron chi connectivity index (χ0n) is 8.11. The van der Waals surface area contributed by atoms with Gasteiger partial charge < -0.3 is 14.6 Å². The summed E-state index contributed by atoms with van der Waals surface area (Å²) >= 11 is 0. The van der Waals surface area contributed by atoms with Crippen molar-refractivity contribution in [2.24, 2.45) is 5.92 Å². The zero-order valence-corrected chi connectivity index (χ0v) is 8.11. The van der Waals surface area contributed by atoms with Crippen LogP contribution < -0.4 is 0 Å². The number of aliphatic hydroxyl groups is 1. The molecule has 2 aliphatic rings. The van der Waals surface area contributed by atoms with Gasteiger partial charge in [-0.1, -0.05) is 0 Å². The Kier molecular flexibility index (Phi) is 2.86. The Morgan fingerprint density at radius 1 is 1.46 bits per heavy atom. The number of hydrogen-bond acceptors (Lipinski definition) is 3. The number of hydrogen-bond donors (Lipinski definition) is 1. The topological polar surface area (TPSA) is 42.0 Å². The van der Waals surface area contributed by atoms with Crippen LogP contribution in [0.2, 0.25) is 0 Å². The second kappa shape index (κ2) is 3.95.